The summed E-state index contributed by atoms with van der Waals surface area (Å²) in [7, 11) is -5.85. The van der Waals surface area contributed by atoms with Crippen LogP contribution >= 0.6 is 26.4 Å². The first-order valence-electron chi connectivity index (χ1n) is 1.80. The highest BCUT2D eigenvalue weighted by Crippen LogP contribution is 2.30. The van der Waals surface area contributed by atoms with E-state index in [-0.39, 0.29) is 9.90 Å². The van der Waals surface area contributed by atoms with Crippen LogP contribution in [0.4, 0.5) is 0 Å². The highest BCUT2D eigenvalue weighted by molar-refractivity contribution is 7.46. The second kappa shape index (κ2) is 12.7. The molecule has 6 nitrogen and oxygen atoms in total. The third kappa shape index (κ3) is 39.7. The summed E-state index contributed by atoms with van der Waals surface area (Å²) in [5, 5.41) is 7.33. The zero-order valence-electron chi connectivity index (χ0n) is 5.45. The van der Waals surface area contributed by atoms with Crippen LogP contribution in [0.2, 0.25) is 0 Å². The average Bonchev–Trinajstić information content (AvgIpc) is 1.62. The van der Waals surface area contributed by atoms with Gasteiger partial charge in [0.2, 0.25) is 0 Å². The minimum absolute atomic E-state index is 0. The number of rotatable bonds is 2. The van der Waals surface area contributed by atoms with Crippen LogP contribution in [0, 0.1) is 0 Å². The zero-order chi connectivity index (χ0) is 8.57. The second-order valence-corrected chi connectivity index (χ2v) is 2.34. The van der Waals surface area contributed by atoms with Gasteiger partial charge in [0.25, 0.3) is 0 Å². The maximum atomic E-state index is 9.39. The molecule has 0 aliphatic rings. The minimum atomic E-state index is -2.92. The molecule has 0 aromatic heterocycles. The van der Waals surface area contributed by atoms with Crippen molar-refractivity contribution in [2.45, 2.75) is 0 Å². The van der Waals surface area contributed by atoms with E-state index in [0.29, 0.717) is 0 Å². The Kier molecular flexibility index (Phi) is 19.9. The third-order valence-corrected chi connectivity index (χ3v) is 1.26. The van der Waals surface area contributed by atoms with Gasteiger partial charge in [0.15, 0.2) is 4.31 Å². The summed E-state index contributed by atoms with van der Waals surface area (Å²) in [6, 6.07) is 0. The summed E-state index contributed by atoms with van der Waals surface area (Å²) in [5.74, 6) is 0. The number of hydrogen-bond donors (Lipinski definition) is 3. The lowest BCUT2D eigenvalue weighted by molar-refractivity contribution is 0.371. The molecule has 9 heteroatoms. The molecule has 0 aliphatic carbocycles. The molecule has 0 saturated carbocycles. The van der Waals surface area contributed by atoms with Crippen LogP contribution in [-0.4, -0.2) is 14.9 Å². The topological polar surface area (TPSA) is 104 Å². The van der Waals surface area contributed by atoms with E-state index >= 15 is 0 Å². The molecular weight excluding hydrogens is 213 g/mol. The molecule has 0 rings (SSSR count). The van der Waals surface area contributed by atoms with Crippen molar-refractivity contribution < 1.29 is 28.3 Å². The molecule has 11 heavy (non-hydrogen) atoms. The largest absolute Gasteiger partial charge is 0.745 e. The molecule has 0 amide bonds. The van der Waals surface area contributed by atoms with Gasteiger partial charge >= 0.3 is 16.5 Å². The summed E-state index contributed by atoms with van der Waals surface area (Å²) >= 11 is 0. The lowest BCUT2D eigenvalue weighted by Gasteiger charge is -1.50. The predicted molar refractivity (Wildman–Crippen MR) is 44.7 cm³/mol. The summed E-state index contributed by atoms with van der Waals surface area (Å²) < 4.78 is 22.2. The normalized spacial score (nSPS) is 9.64. The fourth-order valence-corrected chi connectivity index (χ4v) is 0.538. The van der Waals surface area contributed by atoms with Gasteiger partial charge in [-0.1, -0.05) is 6.58 Å². The Morgan fingerprint density at radius 3 is 1.45 bits per heavy atom. The van der Waals surface area contributed by atoms with Crippen molar-refractivity contribution in [3.8, 4) is 0 Å². The van der Waals surface area contributed by atoms with Gasteiger partial charge in [-0.3, -0.25) is 0 Å². The predicted octanol–water partition coefficient (Wildman–Crippen LogP) is 1.05. The van der Waals surface area contributed by atoms with Crippen molar-refractivity contribution in [1.82, 2.24) is 0 Å². The second-order valence-electron chi connectivity index (χ2n) is 0.740. The highest BCUT2D eigenvalue weighted by atomic mass is 31.2. The van der Waals surface area contributed by atoms with Gasteiger partial charge in [-0.05, 0) is 0 Å². The Bertz CT molecular complexity index is 122. The summed E-state index contributed by atoms with van der Waals surface area (Å²) in [5.41, 5.74) is 0. The van der Waals surface area contributed by atoms with E-state index in [0.717, 1.165) is 6.26 Å². The lowest BCUT2D eigenvalue weighted by atomic mass is 11.2. The first kappa shape index (κ1) is 17.2. The van der Waals surface area contributed by atoms with Gasteiger partial charge in [-0.15, -0.1) is 9.79 Å². The van der Waals surface area contributed by atoms with Crippen LogP contribution in [0.5, 0.6) is 0 Å². The van der Waals surface area contributed by atoms with Crippen molar-refractivity contribution in [3.05, 3.63) is 12.8 Å². The molecule has 0 aromatic carbocycles. The summed E-state index contributed by atoms with van der Waals surface area (Å²) in [4.78, 5) is 15.3. The van der Waals surface area contributed by atoms with Gasteiger partial charge in [-0.25, -0.2) is 0 Å². The quantitative estimate of drug-likeness (QED) is 0.476. The standard InChI is InChI=1S/C2H4O.O5P2.H3P/c1-2-3;1-6(2)5-7(3)4;/h2-3H,1H2;;1H3/p+2. The monoisotopic (exact) mass is 222 g/mol. The van der Waals surface area contributed by atoms with Gasteiger partial charge in [-0.2, -0.15) is 9.90 Å². The Morgan fingerprint density at radius 1 is 1.27 bits per heavy atom. The number of aliphatic hydroxyl groups excluding tert-OH is 1. The van der Waals surface area contributed by atoms with Crippen LogP contribution in [0.3, 0.4) is 0 Å². The Hall–Kier alpha value is 0.0500. The first-order valence-corrected chi connectivity index (χ1v) is 4.06. The van der Waals surface area contributed by atoms with Gasteiger partial charge < -0.3 is 5.11 Å². The molecule has 66 valence electrons. The van der Waals surface area contributed by atoms with Crippen molar-refractivity contribution >= 4 is 26.4 Å². The zero-order valence-corrected chi connectivity index (χ0v) is 8.66. The van der Waals surface area contributed by atoms with E-state index in [1.807, 2.05) is 0 Å². The van der Waals surface area contributed by atoms with Crippen LogP contribution in [-0.2, 0) is 13.4 Å². The van der Waals surface area contributed by atoms with E-state index in [1.165, 1.54) is 0 Å². The lowest BCUT2D eigenvalue weighted by Crippen LogP contribution is -1.58. The van der Waals surface area contributed by atoms with E-state index in [2.05, 4.69) is 10.9 Å². The van der Waals surface area contributed by atoms with Crippen molar-refractivity contribution in [2.24, 2.45) is 0 Å². The summed E-state index contributed by atoms with van der Waals surface area (Å²) in [6.07, 6.45) is 0.750. The average molecular weight is 222 g/mol. The molecule has 0 bridgehead atoms. The maximum Gasteiger partial charge on any atom is 0.745 e. The first-order chi connectivity index (χ1) is 4.54. The molecule has 0 fully saturated rings. The van der Waals surface area contributed by atoms with Gasteiger partial charge in [0, 0.05) is 9.13 Å². The number of aliphatic hydroxyl groups is 1. The molecule has 3 atom stereocenters. The van der Waals surface area contributed by atoms with Crippen LogP contribution in [0.15, 0.2) is 12.8 Å². The molecule has 0 heterocycles. The molecule has 3 N–H and O–H groups in total. The Labute approximate surface area is 68.4 Å². The van der Waals surface area contributed by atoms with E-state index < -0.39 is 16.5 Å². The molecule has 0 spiro atoms. The Morgan fingerprint density at radius 2 is 1.45 bits per heavy atom. The van der Waals surface area contributed by atoms with E-state index in [9.17, 15) is 9.13 Å². The van der Waals surface area contributed by atoms with Crippen LogP contribution < -0.4 is 0 Å². The fourth-order valence-electron chi connectivity index (χ4n) is 0.0598. The molecule has 0 radical (unpaired) electrons. The molecular formula is C2H9O6P3+2. The molecule has 0 saturated heterocycles. The van der Waals surface area contributed by atoms with Crippen molar-refractivity contribution in [1.29, 1.82) is 0 Å². The van der Waals surface area contributed by atoms with Crippen molar-refractivity contribution in [3.63, 3.8) is 0 Å². The highest BCUT2D eigenvalue weighted by Gasteiger charge is 2.31. The van der Waals surface area contributed by atoms with Crippen LogP contribution in [0.25, 0.3) is 0 Å². The SMILES string of the molecule is C=CO.O=[P+](O)O[P+](=O)O.P. The van der Waals surface area contributed by atoms with E-state index in [1.54, 1.807) is 0 Å². The molecule has 0 aliphatic heterocycles. The number of hydrogen-bond acceptors (Lipinski definition) is 4. The smallest absolute Gasteiger partial charge is 0.516 e. The molecule has 3 unspecified atom stereocenters. The van der Waals surface area contributed by atoms with Gasteiger partial charge in [0.05, 0.1) is 6.26 Å². The van der Waals surface area contributed by atoms with Crippen LogP contribution in [0.1, 0.15) is 0 Å². The maximum absolute atomic E-state index is 9.39. The Balaban J connectivity index is -0.000000140. The van der Waals surface area contributed by atoms with Gasteiger partial charge in [0.1, 0.15) is 0 Å². The van der Waals surface area contributed by atoms with E-state index in [4.69, 9.17) is 14.9 Å². The fraction of sp³-hybridized carbons (Fsp3) is 0. The molecule has 0 aromatic rings. The van der Waals surface area contributed by atoms with Crippen molar-refractivity contribution in [2.75, 3.05) is 0 Å². The third-order valence-electron chi connectivity index (χ3n) is 0.140. The summed E-state index contributed by atoms with van der Waals surface area (Å²) in [6.45, 7) is 2.92. The minimum Gasteiger partial charge on any atom is -0.516 e.